The van der Waals surface area contributed by atoms with E-state index in [1.54, 1.807) is 4.90 Å². The van der Waals surface area contributed by atoms with Crippen LogP contribution in [-0.2, 0) is 6.54 Å². The standard InChI is InChI=1S/C18H17FN4O2/c1-12(2)5-6-23(18-14(19)9-21-17(8-20)22-18)10-13-3-4-15-16(7-13)25-11-24-15/h3-5,7,9H,6,10-11H2,1-2H3. The molecule has 1 aromatic heterocycles. The molecule has 25 heavy (non-hydrogen) atoms. The number of hydrogen-bond donors (Lipinski definition) is 0. The summed E-state index contributed by atoms with van der Waals surface area (Å²) in [6.07, 6.45) is 3.00. The number of halogens is 1. The van der Waals surface area contributed by atoms with Crippen LogP contribution in [0.15, 0.2) is 36.0 Å². The van der Waals surface area contributed by atoms with E-state index < -0.39 is 5.82 Å². The van der Waals surface area contributed by atoms with E-state index >= 15 is 0 Å². The zero-order valence-electron chi connectivity index (χ0n) is 14.0. The lowest BCUT2D eigenvalue weighted by molar-refractivity contribution is 0.174. The Morgan fingerprint density at radius 3 is 2.92 bits per heavy atom. The van der Waals surface area contributed by atoms with Gasteiger partial charge in [-0.1, -0.05) is 17.7 Å². The summed E-state index contributed by atoms with van der Waals surface area (Å²) in [7, 11) is 0. The van der Waals surface area contributed by atoms with E-state index in [2.05, 4.69) is 9.97 Å². The predicted octanol–water partition coefficient (Wildman–Crippen LogP) is 3.19. The number of allylic oxidation sites excluding steroid dienone is 1. The molecule has 0 fully saturated rings. The summed E-state index contributed by atoms with van der Waals surface area (Å²) in [5, 5.41) is 8.99. The fraction of sp³-hybridized carbons (Fsp3) is 0.278. The topological polar surface area (TPSA) is 71.3 Å². The smallest absolute Gasteiger partial charge is 0.234 e. The molecule has 0 aliphatic carbocycles. The van der Waals surface area contributed by atoms with Gasteiger partial charge >= 0.3 is 0 Å². The van der Waals surface area contributed by atoms with Gasteiger partial charge in [0.25, 0.3) is 0 Å². The summed E-state index contributed by atoms with van der Waals surface area (Å²) in [5.41, 5.74) is 2.02. The number of aromatic nitrogens is 2. The van der Waals surface area contributed by atoms with Crippen LogP contribution >= 0.6 is 0 Å². The van der Waals surface area contributed by atoms with E-state index in [1.165, 1.54) is 0 Å². The van der Waals surface area contributed by atoms with Crippen molar-refractivity contribution in [2.75, 3.05) is 18.2 Å². The molecule has 1 aromatic carbocycles. The molecule has 0 amide bonds. The highest BCUT2D eigenvalue weighted by Crippen LogP contribution is 2.33. The third-order valence-corrected chi connectivity index (χ3v) is 3.66. The van der Waals surface area contributed by atoms with Crippen LogP contribution in [0.1, 0.15) is 25.2 Å². The minimum Gasteiger partial charge on any atom is -0.454 e. The van der Waals surface area contributed by atoms with Crippen LogP contribution in [0.4, 0.5) is 10.2 Å². The molecular formula is C18H17FN4O2. The van der Waals surface area contributed by atoms with Gasteiger partial charge in [0.05, 0.1) is 6.20 Å². The number of fused-ring (bicyclic) bond motifs is 1. The average Bonchev–Trinajstić information content (AvgIpc) is 3.07. The number of nitrogens with zero attached hydrogens (tertiary/aromatic N) is 4. The van der Waals surface area contributed by atoms with E-state index in [-0.39, 0.29) is 18.4 Å². The lowest BCUT2D eigenvalue weighted by atomic mass is 10.2. The van der Waals surface area contributed by atoms with Crippen molar-refractivity contribution in [2.24, 2.45) is 0 Å². The summed E-state index contributed by atoms with van der Waals surface area (Å²) in [6, 6.07) is 7.43. The quantitative estimate of drug-likeness (QED) is 0.779. The van der Waals surface area contributed by atoms with Gasteiger partial charge in [-0.15, -0.1) is 0 Å². The summed E-state index contributed by atoms with van der Waals surface area (Å²) < 4.78 is 25.0. The monoisotopic (exact) mass is 340 g/mol. The Bertz CT molecular complexity index is 857. The number of ether oxygens (including phenoxy) is 2. The first-order chi connectivity index (χ1) is 12.1. The van der Waals surface area contributed by atoms with Crippen LogP contribution in [0, 0.1) is 17.1 Å². The van der Waals surface area contributed by atoms with Gasteiger partial charge in [0.15, 0.2) is 23.1 Å². The molecule has 7 heteroatoms. The van der Waals surface area contributed by atoms with Gasteiger partial charge in [-0.3, -0.25) is 0 Å². The van der Waals surface area contributed by atoms with Gasteiger partial charge in [-0.25, -0.2) is 9.37 Å². The van der Waals surface area contributed by atoms with E-state index in [0.29, 0.717) is 24.6 Å². The van der Waals surface area contributed by atoms with E-state index in [0.717, 1.165) is 17.3 Å². The van der Waals surface area contributed by atoms with Crippen molar-refractivity contribution in [3.8, 4) is 17.6 Å². The Hall–Kier alpha value is -3.14. The van der Waals surface area contributed by atoms with E-state index in [9.17, 15) is 4.39 Å². The molecule has 0 atom stereocenters. The van der Waals surface area contributed by atoms with Gasteiger partial charge in [-0.05, 0) is 31.5 Å². The van der Waals surface area contributed by atoms with Gasteiger partial charge < -0.3 is 14.4 Å². The summed E-state index contributed by atoms with van der Waals surface area (Å²) in [5.74, 6) is 0.827. The number of anilines is 1. The zero-order chi connectivity index (χ0) is 17.8. The van der Waals surface area contributed by atoms with Gasteiger partial charge in [0.1, 0.15) is 6.07 Å². The van der Waals surface area contributed by atoms with Crippen molar-refractivity contribution in [1.82, 2.24) is 9.97 Å². The first-order valence-electron chi connectivity index (χ1n) is 7.76. The maximum atomic E-state index is 14.3. The van der Waals surface area contributed by atoms with E-state index in [4.69, 9.17) is 14.7 Å². The van der Waals surface area contributed by atoms with Gasteiger partial charge in [0.2, 0.25) is 12.6 Å². The van der Waals surface area contributed by atoms with Crippen LogP contribution in [0.2, 0.25) is 0 Å². The Kier molecular flexibility index (Phi) is 4.80. The number of rotatable bonds is 5. The summed E-state index contributed by atoms with van der Waals surface area (Å²) in [6.45, 7) is 4.99. The van der Waals surface area contributed by atoms with Crippen molar-refractivity contribution in [3.63, 3.8) is 0 Å². The fourth-order valence-corrected chi connectivity index (χ4v) is 2.41. The van der Waals surface area contributed by atoms with Crippen molar-refractivity contribution in [2.45, 2.75) is 20.4 Å². The molecule has 0 radical (unpaired) electrons. The zero-order valence-corrected chi connectivity index (χ0v) is 14.0. The molecule has 1 aliphatic heterocycles. The van der Waals surface area contributed by atoms with Crippen LogP contribution in [0.25, 0.3) is 0 Å². The maximum Gasteiger partial charge on any atom is 0.234 e. The van der Waals surface area contributed by atoms with Crippen LogP contribution in [0.3, 0.4) is 0 Å². The fourth-order valence-electron chi connectivity index (χ4n) is 2.41. The molecular weight excluding hydrogens is 323 g/mol. The number of nitriles is 1. The normalized spacial score (nSPS) is 11.8. The third-order valence-electron chi connectivity index (χ3n) is 3.66. The Labute approximate surface area is 145 Å². The third kappa shape index (κ3) is 3.86. The van der Waals surface area contributed by atoms with Gasteiger partial charge in [-0.2, -0.15) is 10.2 Å². The molecule has 0 N–H and O–H groups in total. The highest BCUT2D eigenvalue weighted by molar-refractivity contribution is 5.47. The molecule has 0 saturated carbocycles. The SMILES string of the molecule is CC(C)=CCN(Cc1ccc2c(c1)OCO2)c1nc(C#N)ncc1F. The van der Waals surface area contributed by atoms with Crippen LogP contribution in [-0.4, -0.2) is 23.3 Å². The van der Waals surface area contributed by atoms with Crippen molar-refractivity contribution in [1.29, 1.82) is 5.26 Å². The highest BCUT2D eigenvalue weighted by Gasteiger charge is 2.18. The first-order valence-corrected chi connectivity index (χ1v) is 7.76. The molecule has 2 heterocycles. The largest absolute Gasteiger partial charge is 0.454 e. The molecule has 128 valence electrons. The molecule has 0 unspecified atom stereocenters. The second-order valence-electron chi connectivity index (χ2n) is 5.83. The molecule has 1 aliphatic rings. The minimum atomic E-state index is -0.568. The Balaban J connectivity index is 1.92. The van der Waals surface area contributed by atoms with Crippen LogP contribution in [0.5, 0.6) is 11.5 Å². The summed E-state index contributed by atoms with van der Waals surface area (Å²) in [4.78, 5) is 9.45. The molecule has 0 bridgehead atoms. The summed E-state index contributed by atoms with van der Waals surface area (Å²) >= 11 is 0. The van der Waals surface area contributed by atoms with Crippen molar-refractivity contribution in [3.05, 3.63) is 53.3 Å². The van der Waals surface area contributed by atoms with Crippen molar-refractivity contribution >= 4 is 5.82 Å². The maximum absolute atomic E-state index is 14.3. The molecule has 2 aromatic rings. The molecule has 0 spiro atoms. The highest BCUT2D eigenvalue weighted by atomic mass is 19.1. The van der Waals surface area contributed by atoms with E-state index in [1.807, 2.05) is 44.2 Å². The Morgan fingerprint density at radius 2 is 2.16 bits per heavy atom. The molecule has 0 saturated heterocycles. The predicted molar refractivity (Wildman–Crippen MR) is 89.8 cm³/mol. The number of benzene rings is 1. The Morgan fingerprint density at radius 1 is 1.36 bits per heavy atom. The van der Waals surface area contributed by atoms with Crippen LogP contribution < -0.4 is 14.4 Å². The van der Waals surface area contributed by atoms with Crippen molar-refractivity contribution < 1.29 is 13.9 Å². The molecule has 3 rings (SSSR count). The average molecular weight is 340 g/mol. The molecule has 6 nitrogen and oxygen atoms in total. The lowest BCUT2D eigenvalue weighted by Gasteiger charge is -2.23. The van der Waals surface area contributed by atoms with Gasteiger partial charge in [0, 0.05) is 13.1 Å². The second-order valence-corrected chi connectivity index (χ2v) is 5.83. The number of hydrogen-bond acceptors (Lipinski definition) is 6. The first kappa shape index (κ1) is 16.7. The minimum absolute atomic E-state index is 0.0655. The second kappa shape index (κ2) is 7.18. The lowest BCUT2D eigenvalue weighted by Crippen LogP contribution is -2.25.